The molecule has 1 aliphatic rings. The zero-order valence-corrected chi connectivity index (χ0v) is 13.5. The number of aromatic nitrogens is 1. The molecule has 0 aliphatic carbocycles. The molecule has 1 atom stereocenters. The molecule has 2 aromatic rings. The molecule has 0 spiro atoms. The Morgan fingerprint density at radius 2 is 1.96 bits per heavy atom. The number of rotatable bonds is 6. The van der Waals surface area contributed by atoms with Crippen LogP contribution in [0.1, 0.15) is 17.5 Å². The van der Waals surface area contributed by atoms with Gasteiger partial charge in [-0.1, -0.05) is 36.4 Å². The van der Waals surface area contributed by atoms with E-state index in [-0.39, 0.29) is 17.7 Å². The van der Waals surface area contributed by atoms with Crippen LogP contribution in [0.3, 0.4) is 0 Å². The van der Waals surface area contributed by atoms with Gasteiger partial charge in [-0.2, -0.15) is 0 Å². The smallest absolute Gasteiger partial charge is 0.225 e. The highest BCUT2D eigenvalue weighted by molar-refractivity contribution is 5.89. The monoisotopic (exact) mass is 323 g/mol. The minimum Gasteiger partial charge on any atom is -0.355 e. The second-order valence-corrected chi connectivity index (χ2v) is 6.06. The van der Waals surface area contributed by atoms with Gasteiger partial charge >= 0.3 is 0 Å². The molecule has 3 rings (SSSR count). The van der Waals surface area contributed by atoms with Gasteiger partial charge in [0.15, 0.2) is 0 Å². The summed E-state index contributed by atoms with van der Waals surface area (Å²) in [6.07, 6.45) is 4.57. The third kappa shape index (κ3) is 4.19. The first-order valence-corrected chi connectivity index (χ1v) is 8.20. The first kappa shape index (κ1) is 16.2. The lowest BCUT2D eigenvalue weighted by atomic mass is 10.1. The molecule has 5 heteroatoms. The molecule has 1 aromatic heterocycles. The van der Waals surface area contributed by atoms with Crippen molar-refractivity contribution in [3.8, 4) is 0 Å². The lowest BCUT2D eigenvalue weighted by molar-refractivity contribution is -0.129. The first-order chi connectivity index (χ1) is 11.7. The van der Waals surface area contributed by atoms with Crippen LogP contribution in [-0.2, 0) is 22.6 Å². The van der Waals surface area contributed by atoms with Crippen LogP contribution in [0.4, 0.5) is 0 Å². The normalized spacial score (nSPS) is 17.1. The summed E-state index contributed by atoms with van der Waals surface area (Å²) in [6, 6.07) is 13.7. The fourth-order valence-electron chi connectivity index (χ4n) is 2.92. The Balaban J connectivity index is 1.47. The predicted octanol–water partition coefficient (Wildman–Crippen LogP) is 1.79. The van der Waals surface area contributed by atoms with E-state index in [1.54, 1.807) is 17.3 Å². The van der Waals surface area contributed by atoms with Gasteiger partial charge in [-0.05, 0) is 23.6 Å². The number of carbonyl (C=O) groups is 2. The third-order valence-corrected chi connectivity index (χ3v) is 4.24. The van der Waals surface area contributed by atoms with Crippen LogP contribution in [0.2, 0.25) is 0 Å². The predicted molar refractivity (Wildman–Crippen MR) is 90.9 cm³/mol. The van der Waals surface area contributed by atoms with Gasteiger partial charge in [0.2, 0.25) is 11.8 Å². The Kier molecular flexibility index (Phi) is 5.21. The Morgan fingerprint density at radius 3 is 2.71 bits per heavy atom. The highest BCUT2D eigenvalue weighted by Crippen LogP contribution is 2.20. The summed E-state index contributed by atoms with van der Waals surface area (Å²) in [5.74, 6) is -0.246. The third-order valence-electron chi connectivity index (χ3n) is 4.24. The zero-order chi connectivity index (χ0) is 16.8. The number of amides is 2. The van der Waals surface area contributed by atoms with Gasteiger partial charge in [0, 0.05) is 38.4 Å². The Bertz CT molecular complexity index is 688. The number of likely N-dealkylation sites (tertiary alicyclic amines) is 1. The summed E-state index contributed by atoms with van der Waals surface area (Å²) in [5, 5.41) is 2.93. The van der Waals surface area contributed by atoms with E-state index in [0.29, 0.717) is 26.1 Å². The molecule has 0 bridgehead atoms. The van der Waals surface area contributed by atoms with E-state index < -0.39 is 0 Å². The van der Waals surface area contributed by atoms with E-state index in [1.165, 1.54) is 0 Å². The molecule has 1 aliphatic heterocycles. The van der Waals surface area contributed by atoms with Crippen LogP contribution >= 0.6 is 0 Å². The summed E-state index contributed by atoms with van der Waals surface area (Å²) < 4.78 is 0. The van der Waals surface area contributed by atoms with Crippen molar-refractivity contribution in [3.05, 3.63) is 66.0 Å². The minimum atomic E-state index is -0.255. The average molecular weight is 323 g/mol. The maximum absolute atomic E-state index is 12.3. The Labute approximate surface area is 141 Å². The van der Waals surface area contributed by atoms with Gasteiger partial charge in [0.1, 0.15) is 0 Å². The number of hydrogen-bond donors (Lipinski definition) is 1. The molecule has 1 aromatic carbocycles. The maximum Gasteiger partial charge on any atom is 0.225 e. The van der Waals surface area contributed by atoms with Crippen molar-refractivity contribution in [2.45, 2.75) is 19.4 Å². The van der Waals surface area contributed by atoms with Crippen molar-refractivity contribution >= 4 is 11.8 Å². The number of hydrogen-bond acceptors (Lipinski definition) is 3. The van der Waals surface area contributed by atoms with Crippen LogP contribution < -0.4 is 5.32 Å². The van der Waals surface area contributed by atoms with Gasteiger partial charge in [0.25, 0.3) is 0 Å². The number of nitrogens with zero attached hydrogens (tertiary/aromatic N) is 2. The van der Waals surface area contributed by atoms with Crippen molar-refractivity contribution < 1.29 is 9.59 Å². The lowest BCUT2D eigenvalue weighted by Gasteiger charge is -2.16. The van der Waals surface area contributed by atoms with Crippen LogP contribution in [0.15, 0.2) is 54.9 Å². The van der Waals surface area contributed by atoms with E-state index >= 15 is 0 Å². The first-order valence-electron chi connectivity index (χ1n) is 8.20. The van der Waals surface area contributed by atoms with Gasteiger partial charge in [-0.15, -0.1) is 0 Å². The van der Waals surface area contributed by atoms with E-state index in [1.807, 2.05) is 42.5 Å². The molecule has 124 valence electrons. The molecule has 0 saturated carbocycles. The van der Waals surface area contributed by atoms with Crippen molar-refractivity contribution in [1.29, 1.82) is 0 Å². The fourth-order valence-corrected chi connectivity index (χ4v) is 2.92. The van der Waals surface area contributed by atoms with E-state index in [4.69, 9.17) is 0 Å². The fraction of sp³-hybridized carbons (Fsp3) is 0.316. The van der Waals surface area contributed by atoms with Gasteiger partial charge in [-0.3, -0.25) is 14.6 Å². The van der Waals surface area contributed by atoms with Crippen molar-refractivity contribution in [2.75, 3.05) is 13.1 Å². The molecule has 24 heavy (non-hydrogen) atoms. The molecule has 1 N–H and O–H groups in total. The van der Waals surface area contributed by atoms with Gasteiger partial charge in [-0.25, -0.2) is 0 Å². The second kappa shape index (κ2) is 7.73. The largest absolute Gasteiger partial charge is 0.355 e. The molecule has 1 unspecified atom stereocenters. The molecular weight excluding hydrogens is 302 g/mol. The summed E-state index contributed by atoms with van der Waals surface area (Å²) in [6.45, 7) is 1.62. The van der Waals surface area contributed by atoms with E-state index in [9.17, 15) is 9.59 Å². The molecule has 1 saturated heterocycles. The van der Waals surface area contributed by atoms with Crippen LogP contribution in [0, 0.1) is 5.92 Å². The maximum atomic E-state index is 12.3. The Morgan fingerprint density at radius 1 is 1.17 bits per heavy atom. The molecule has 1 fully saturated rings. The van der Waals surface area contributed by atoms with Crippen LogP contribution in [0.5, 0.6) is 0 Å². The molecule has 2 amide bonds. The van der Waals surface area contributed by atoms with Crippen molar-refractivity contribution in [3.63, 3.8) is 0 Å². The highest BCUT2D eigenvalue weighted by atomic mass is 16.2. The number of nitrogens with one attached hydrogen (secondary N) is 1. The summed E-state index contributed by atoms with van der Waals surface area (Å²) >= 11 is 0. The topological polar surface area (TPSA) is 62.3 Å². The van der Waals surface area contributed by atoms with Crippen LogP contribution in [0.25, 0.3) is 0 Å². The minimum absolute atomic E-state index is 0.0391. The van der Waals surface area contributed by atoms with Crippen molar-refractivity contribution in [2.24, 2.45) is 5.92 Å². The summed E-state index contributed by atoms with van der Waals surface area (Å²) in [4.78, 5) is 30.2. The van der Waals surface area contributed by atoms with Crippen LogP contribution in [-0.4, -0.2) is 34.8 Å². The highest BCUT2D eigenvalue weighted by Gasteiger charge is 2.33. The lowest BCUT2D eigenvalue weighted by Crippen LogP contribution is -2.34. The van der Waals surface area contributed by atoms with Gasteiger partial charge in [0.05, 0.1) is 5.92 Å². The molecule has 2 heterocycles. The van der Waals surface area contributed by atoms with Crippen molar-refractivity contribution in [1.82, 2.24) is 15.2 Å². The van der Waals surface area contributed by atoms with Gasteiger partial charge < -0.3 is 10.2 Å². The standard InChI is InChI=1S/C19H21N3O2/c23-18-11-17(14-22(18)13-16-5-2-1-3-6-16)19(24)21-10-8-15-7-4-9-20-12-15/h1-7,9,12,17H,8,10-11,13-14H2,(H,21,24). The number of pyridine rings is 1. The van der Waals surface area contributed by atoms with E-state index in [0.717, 1.165) is 17.5 Å². The van der Waals surface area contributed by atoms with E-state index in [2.05, 4.69) is 10.3 Å². The number of carbonyl (C=O) groups excluding carboxylic acids is 2. The second-order valence-electron chi connectivity index (χ2n) is 6.06. The average Bonchev–Trinajstić information content (AvgIpc) is 2.97. The summed E-state index contributed by atoms with van der Waals surface area (Å²) in [5.41, 5.74) is 2.18. The molecule has 5 nitrogen and oxygen atoms in total. The quantitative estimate of drug-likeness (QED) is 0.881. The number of benzene rings is 1. The summed E-state index contributed by atoms with van der Waals surface area (Å²) in [7, 11) is 0. The Hall–Kier alpha value is -2.69. The molecule has 0 radical (unpaired) electrons. The zero-order valence-electron chi connectivity index (χ0n) is 13.5. The SMILES string of the molecule is O=C(NCCc1cccnc1)C1CC(=O)N(Cc2ccccc2)C1. The molecular formula is C19H21N3O2.